The van der Waals surface area contributed by atoms with Crippen LogP contribution in [-0.2, 0) is 0 Å². The van der Waals surface area contributed by atoms with Crippen molar-refractivity contribution in [3.63, 3.8) is 0 Å². The highest BCUT2D eigenvalue weighted by molar-refractivity contribution is 5.52. The molecule has 0 atom stereocenters. The molecule has 0 unspecified atom stereocenters. The Labute approximate surface area is 191 Å². The van der Waals surface area contributed by atoms with E-state index in [1.165, 1.54) is 22.3 Å². The van der Waals surface area contributed by atoms with E-state index in [0.29, 0.717) is 0 Å². The molecule has 0 aromatic rings. The predicted octanol–water partition coefficient (Wildman–Crippen LogP) is 9.17. The van der Waals surface area contributed by atoms with Gasteiger partial charge in [-0.15, -0.1) is 0 Å². The van der Waals surface area contributed by atoms with E-state index < -0.39 is 0 Å². The first-order chi connectivity index (χ1) is 14.5. The third-order valence-corrected chi connectivity index (χ3v) is 5.59. The van der Waals surface area contributed by atoms with Crippen LogP contribution in [0, 0.1) is 16.2 Å². The van der Waals surface area contributed by atoms with Crippen molar-refractivity contribution in [1.29, 1.82) is 0 Å². The Balaban J connectivity index is 0.000000221. The molecule has 3 aliphatic carbocycles. The van der Waals surface area contributed by atoms with Gasteiger partial charge < -0.3 is 0 Å². The average molecular weight is 413 g/mol. The van der Waals surface area contributed by atoms with Crippen molar-refractivity contribution >= 4 is 0 Å². The molecule has 0 amide bonds. The molecule has 0 heteroatoms. The van der Waals surface area contributed by atoms with Crippen molar-refractivity contribution in [2.24, 2.45) is 16.2 Å². The van der Waals surface area contributed by atoms with E-state index >= 15 is 0 Å². The van der Waals surface area contributed by atoms with E-state index in [4.69, 9.17) is 0 Å². The lowest BCUT2D eigenvalue weighted by Crippen LogP contribution is -2.02. The smallest absolute Gasteiger partial charge is 0.00111 e. The number of hydrogen-bond acceptors (Lipinski definition) is 0. The zero-order valence-electron chi connectivity index (χ0n) is 20.7. The number of hydrogen-bond donors (Lipinski definition) is 0. The molecule has 0 fully saturated rings. The molecule has 0 aromatic heterocycles. The number of allylic oxidation sites excluding steroid dienone is 20. The van der Waals surface area contributed by atoms with Crippen molar-refractivity contribution in [3.05, 3.63) is 120 Å². The Hall–Kier alpha value is -2.60. The second kappa shape index (κ2) is 10.1. The van der Waals surface area contributed by atoms with Crippen molar-refractivity contribution in [1.82, 2.24) is 0 Å². The Morgan fingerprint density at radius 2 is 1.03 bits per heavy atom. The minimum Gasteiger partial charge on any atom is -0.0871 e. The molecule has 0 heterocycles. The second-order valence-corrected chi connectivity index (χ2v) is 10.3. The summed E-state index contributed by atoms with van der Waals surface area (Å²) in [5.74, 6) is 0. The highest BCUT2D eigenvalue weighted by atomic mass is 14.2. The highest BCUT2D eigenvalue weighted by Crippen LogP contribution is 2.31. The van der Waals surface area contributed by atoms with Gasteiger partial charge in [0.2, 0.25) is 0 Å². The van der Waals surface area contributed by atoms with Crippen molar-refractivity contribution in [3.8, 4) is 0 Å². The zero-order valence-corrected chi connectivity index (χ0v) is 20.7. The van der Waals surface area contributed by atoms with Gasteiger partial charge in [-0.25, -0.2) is 0 Å². The Morgan fingerprint density at radius 3 is 1.45 bits per heavy atom. The van der Waals surface area contributed by atoms with Gasteiger partial charge in [0, 0.05) is 16.2 Å². The maximum absolute atomic E-state index is 2.27. The molecule has 164 valence electrons. The van der Waals surface area contributed by atoms with E-state index in [1.807, 2.05) is 6.92 Å². The minimum atomic E-state index is 0.156. The maximum atomic E-state index is 2.27. The molecule has 3 rings (SSSR count). The molecule has 0 aromatic carbocycles. The normalized spacial score (nSPS) is 23.0. The van der Waals surface area contributed by atoms with Crippen LogP contribution in [0.25, 0.3) is 0 Å². The molecule has 0 spiro atoms. The number of rotatable bonds is 2. The first-order valence-electron chi connectivity index (χ1n) is 11.4. The lowest BCUT2D eigenvalue weighted by Gasteiger charge is -2.14. The van der Waals surface area contributed by atoms with E-state index in [2.05, 4.69) is 146 Å². The lowest BCUT2D eigenvalue weighted by molar-refractivity contribution is 0.624. The molecule has 31 heavy (non-hydrogen) atoms. The van der Waals surface area contributed by atoms with Crippen LogP contribution in [0.15, 0.2) is 120 Å². The van der Waals surface area contributed by atoms with Crippen LogP contribution in [-0.4, -0.2) is 0 Å². The third kappa shape index (κ3) is 7.87. The van der Waals surface area contributed by atoms with Crippen molar-refractivity contribution < 1.29 is 0 Å². The first kappa shape index (κ1) is 24.7. The van der Waals surface area contributed by atoms with Crippen molar-refractivity contribution in [2.45, 2.75) is 55.4 Å². The van der Waals surface area contributed by atoms with Crippen LogP contribution < -0.4 is 0 Å². The van der Waals surface area contributed by atoms with E-state index in [-0.39, 0.29) is 16.2 Å². The van der Waals surface area contributed by atoms with Crippen LogP contribution in [0.3, 0.4) is 0 Å². The molecule has 0 nitrogen and oxygen atoms in total. The summed E-state index contributed by atoms with van der Waals surface area (Å²) in [6, 6.07) is 0. The van der Waals surface area contributed by atoms with Gasteiger partial charge in [-0.1, -0.05) is 139 Å². The van der Waals surface area contributed by atoms with Crippen LogP contribution in [0.1, 0.15) is 55.4 Å². The molecule has 0 saturated carbocycles. The third-order valence-electron chi connectivity index (χ3n) is 5.59. The highest BCUT2D eigenvalue weighted by Gasteiger charge is 2.16. The molecule has 3 aliphatic rings. The zero-order chi connectivity index (χ0) is 23.1. The molecular weight excluding hydrogens is 372 g/mol. The van der Waals surface area contributed by atoms with Gasteiger partial charge in [0.1, 0.15) is 0 Å². The lowest BCUT2D eigenvalue weighted by atomic mass is 9.91. The molecule has 0 saturated heterocycles. The first-order valence-corrected chi connectivity index (χ1v) is 11.4. The Morgan fingerprint density at radius 1 is 0.613 bits per heavy atom. The van der Waals surface area contributed by atoms with Gasteiger partial charge in [-0.2, -0.15) is 0 Å². The van der Waals surface area contributed by atoms with Crippen LogP contribution in [0.2, 0.25) is 0 Å². The van der Waals surface area contributed by atoms with Gasteiger partial charge in [0.25, 0.3) is 0 Å². The quantitative estimate of drug-likeness (QED) is 0.396. The van der Waals surface area contributed by atoms with Crippen molar-refractivity contribution in [2.75, 3.05) is 0 Å². The fourth-order valence-electron chi connectivity index (χ4n) is 3.37. The molecule has 0 aliphatic heterocycles. The monoisotopic (exact) mass is 412 g/mol. The average Bonchev–Trinajstić information content (AvgIpc) is 3.03. The second-order valence-electron chi connectivity index (χ2n) is 10.3. The Kier molecular flexibility index (Phi) is 8.07. The minimum absolute atomic E-state index is 0.156. The molecule has 0 bridgehead atoms. The van der Waals surface area contributed by atoms with E-state index in [0.717, 1.165) is 0 Å². The summed E-state index contributed by atoms with van der Waals surface area (Å²) in [6.45, 7) is 17.4. The van der Waals surface area contributed by atoms with E-state index in [9.17, 15) is 0 Å². The summed E-state index contributed by atoms with van der Waals surface area (Å²) >= 11 is 0. The van der Waals surface area contributed by atoms with Gasteiger partial charge in [0.05, 0.1) is 0 Å². The molecule has 0 radical (unpaired) electrons. The standard InChI is InChI=1S/C16H20.C15H20/c1-15(2)9-5-13-7-11-16(3,4)12-8-14(13)6-10-15;1-5-8-13(6-2)14-9-7-11-15(3,4)12-10-14/h5-12H,1-4H3;5-12H,1-4H3/b;8-5-,13-6+. The van der Waals surface area contributed by atoms with Gasteiger partial charge in [0.15, 0.2) is 0 Å². The van der Waals surface area contributed by atoms with Crippen LogP contribution in [0.5, 0.6) is 0 Å². The predicted molar refractivity (Wildman–Crippen MR) is 140 cm³/mol. The Bertz CT molecular complexity index is 874. The van der Waals surface area contributed by atoms with E-state index in [1.54, 1.807) is 0 Å². The largest absolute Gasteiger partial charge is 0.0871 e. The summed E-state index contributed by atoms with van der Waals surface area (Å²) in [4.78, 5) is 0. The summed E-state index contributed by atoms with van der Waals surface area (Å²) in [5.41, 5.74) is 5.64. The summed E-state index contributed by atoms with van der Waals surface area (Å²) < 4.78 is 0. The fraction of sp³-hybridized carbons (Fsp3) is 0.355. The summed E-state index contributed by atoms with van der Waals surface area (Å²) in [7, 11) is 0. The van der Waals surface area contributed by atoms with Gasteiger partial charge in [-0.3, -0.25) is 0 Å². The van der Waals surface area contributed by atoms with Crippen LogP contribution >= 0.6 is 0 Å². The SMILES string of the molecule is C/C=C\C(=C/C)C1=CC=CC(C)(C)C=C1.CC1(C)C=CC2=C(C=C1)C=CC(C)(C)C=C2. The fourth-order valence-corrected chi connectivity index (χ4v) is 3.37. The maximum Gasteiger partial charge on any atom is 0.00111 e. The topological polar surface area (TPSA) is 0 Å². The van der Waals surface area contributed by atoms with Gasteiger partial charge in [-0.05, 0) is 36.1 Å². The summed E-state index contributed by atoms with van der Waals surface area (Å²) in [5, 5.41) is 0. The molecular formula is C31H40. The van der Waals surface area contributed by atoms with Gasteiger partial charge >= 0.3 is 0 Å². The van der Waals surface area contributed by atoms with Crippen LogP contribution in [0.4, 0.5) is 0 Å². The summed E-state index contributed by atoms with van der Waals surface area (Å²) in [6.07, 6.45) is 35.3. The molecule has 0 N–H and O–H groups in total.